The van der Waals surface area contributed by atoms with Crippen molar-refractivity contribution in [3.8, 4) is 6.07 Å². The maximum atomic E-state index is 13.7. The number of hydrogen-bond donors (Lipinski definition) is 2. The molecular formula is C21H19ClF2N6O2S. The molecule has 3 heterocycles. The van der Waals surface area contributed by atoms with E-state index in [0.29, 0.717) is 21.6 Å². The number of carboxylic acid groups (broad SMARTS) is 1. The first kappa shape index (κ1) is 23.1. The van der Waals surface area contributed by atoms with Gasteiger partial charge in [-0.1, -0.05) is 29.0 Å². The van der Waals surface area contributed by atoms with Gasteiger partial charge in [0.2, 0.25) is 0 Å². The highest BCUT2D eigenvalue weighted by atomic mass is 35.5. The number of hydrogen-bond acceptors (Lipinski definition) is 8. The van der Waals surface area contributed by atoms with Gasteiger partial charge < -0.3 is 15.3 Å². The average Bonchev–Trinajstić information content (AvgIpc) is 3.12. The van der Waals surface area contributed by atoms with Gasteiger partial charge in [-0.15, -0.1) is 0 Å². The fraction of sp³-hybridized carbons (Fsp3) is 0.381. The van der Waals surface area contributed by atoms with Gasteiger partial charge in [0, 0.05) is 31.5 Å². The van der Waals surface area contributed by atoms with Crippen molar-refractivity contribution < 1.29 is 18.7 Å². The number of thiazole rings is 1. The maximum absolute atomic E-state index is 13.7. The lowest BCUT2D eigenvalue weighted by atomic mass is 10.0. The van der Waals surface area contributed by atoms with Crippen molar-refractivity contribution >= 4 is 50.8 Å². The summed E-state index contributed by atoms with van der Waals surface area (Å²) in [4.78, 5) is 26.1. The molecule has 1 aromatic carbocycles. The predicted octanol–water partition coefficient (Wildman–Crippen LogP) is 5.03. The summed E-state index contributed by atoms with van der Waals surface area (Å²) in [6.45, 7) is 3.83. The van der Waals surface area contributed by atoms with Gasteiger partial charge in [0.05, 0.1) is 17.1 Å². The molecule has 3 aromatic rings. The Labute approximate surface area is 196 Å². The second kappa shape index (κ2) is 8.68. The van der Waals surface area contributed by atoms with E-state index in [1.165, 1.54) is 0 Å². The van der Waals surface area contributed by atoms with Crippen molar-refractivity contribution in [2.75, 3.05) is 23.3 Å². The van der Waals surface area contributed by atoms with E-state index in [4.69, 9.17) is 11.6 Å². The number of fused-ring (bicyclic) bond motifs is 1. The first-order valence-corrected chi connectivity index (χ1v) is 11.3. The molecule has 2 aromatic heterocycles. The number of nitrogens with zero attached hydrogens (tertiary/aromatic N) is 5. The van der Waals surface area contributed by atoms with Crippen molar-refractivity contribution in [2.24, 2.45) is 0 Å². The number of alkyl halides is 2. The second-order valence-electron chi connectivity index (χ2n) is 7.89. The average molecular weight is 493 g/mol. The highest BCUT2D eigenvalue weighted by Gasteiger charge is 2.35. The molecule has 1 aliphatic heterocycles. The van der Waals surface area contributed by atoms with Crippen LogP contribution in [0.15, 0.2) is 12.1 Å². The van der Waals surface area contributed by atoms with Crippen LogP contribution in [0.5, 0.6) is 0 Å². The normalized spacial score (nSPS) is 16.4. The van der Waals surface area contributed by atoms with Gasteiger partial charge in [-0.3, -0.25) is 0 Å². The smallest absolute Gasteiger partial charge is 0.357 e. The highest BCUT2D eigenvalue weighted by molar-refractivity contribution is 7.19. The number of piperidine rings is 1. The predicted molar refractivity (Wildman–Crippen MR) is 122 cm³/mol. The molecule has 1 aliphatic rings. The molecule has 0 bridgehead atoms. The van der Waals surface area contributed by atoms with Crippen LogP contribution in [0.3, 0.4) is 0 Å². The van der Waals surface area contributed by atoms with Crippen LogP contribution in [0, 0.1) is 18.3 Å². The van der Waals surface area contributed by atoms with E-state index in [1.807, 2.05) is 26.0 Å². The summed E-state index contributed by atoms with van der Waals surface area (Å²) < 4.78 is 27.4. The summed E-state index contributed by atoms with van der Waals surface area (Å²) in [5.41, 5.74) is 2.47. The Kier molecular flexibility index (Phi) is 6.07. The SMILES string of the molecule is Cc1cc(C(C)Nc2sc(Cl)nc2C(=O)O)c2nc(N3CCC(F)(F)CC3)c(C#N)nc2c1. The number of carboxylic acids is 1. The molecule has 33 heavy (non-hydrogen) atoms. The minimum Gasteiger partial charge on any atom is -0.476 e. The van der Waals surface area contributed by atoms with Crippen LogP contribution in [0.4, 0.5) is 19.6 Å². The van der Waals surface area contributed by atoms with Crippen molar-refractivity contribution in [1.82, 2.24) is 15.0 Å². The van der Waals surface area contributed by atoms with Crippen molar-refractivity contribution in [3.05, 3.63) is 39.1 Å². The quantitative estimate of drug-likeness (QED) is 0.509. The van der Waals surface area contributed by atoms with Gasteiger partial charge in [-0.25, -0.2) is 28.5 Å². The number of aromatic carboxylic acids is 1. The van der Waals surface area contributed by atoms with E-state index in [-0.39, 0.29) is 47.6 Å². The van der Waals surface area contributed by atoms with Crippen molar-refractivity contribution in [2.45, 2.75) is 38.7 Å². The van der Waals surface area contributed by atoms with Gasteiger partial charge in [0.15, 0.2) is 21.7 Å². The van der Waals surface area contributed by atoms with E-state index in [0.717, 1.165) is 16.9 Å². The zero-order chi connectivity index (χ0) is 23.9. The van der Waals surface area contributed by atoms with Crippen LogP contribution in [0.1, 0.15) is 53.1 Å². The lowest BCUT2D eigenvalue weighted by Gasteiger charge is -2.33. The number of rotatable bonds is 5. The van der Waals surface area contributed by atoms with Gasteiger partial charge >= 0.3 is 5.97 Å². The van der Waals surface area contributed by atoms with E-state index in [2.05, 4.69) is 20.3 Å². The molecular weight excluding hydrogens is 474 g/mol. The molecule has 8 nitrogen and oxygen atoms in total. The number of anilines is 2. The summed E-state index contributed by atoms with van der Waals surface area (Å²) in [7, 11) is 0. The largest absolute Gasteiger partial charge is 0.476 e. The molecule has 1 unspecified atom stereocenters. The number of nitrogens with one attached hydrogen (secondary N) is 1. The summed E-state index contributed by atoms with van der Waals surface area (Å²) in [5.74, 6) is -3.67. The number of aromatic nitrogens is 3. The molecule has 172 valence electrons. The van der Waals surface area contributed by atoms with E-state index < -0.39 is 17.9 Å². The lowest BCUT2D eigenvalue weighted by molar-refractivity contribution is -0.0221. The lowest BCUT2D eigenvalue weighted by Crippen LogP contribution is -2.40. The third kappa shape index (κ3) is 4.67. The van der Waals surface area contributed by atoms with Crippen LogP contribution < -0.4 is 10.2 Å². The van der Waals surface area contributed by atoms with Crippen molar-refractivity contribution in [1.29, 1.82) is 5.26 Å². The van der Waals surface area contributed by atoms with Crippen LogP contribution in [0.25, 0.3) is 11.0 Å². The maximum Gasteiger partial charge on any atom is 0.357 e. The molecule has 0 radical (unpaired) electrons. The molecule has 0 amide bonds. The molecule has 1 saturated heterocycles. The third-order valence-electron chi connectivity index (χ3n) is 5.44. The molecule has 12 heteroatoms. The Balaban J connectivity index is 1.77. The van der Waals surface area contributed by atoms with Crippen LogP contribution in [-0.4, -0.2) is 45.0 Å². The Bertz CT molecular complexity index is 1280. The molecule has 4 rings (SSSR count). The van der Waals surface area contributed by atoms with Gasteiger partial charge in [0.1, 0.15) is 11.1 Å². The highest BCUT2D eigenvalue weighted by Crippen LogP contribution is 2.35. The molecule has 2 N–H and O–H groups in total. The summed E-state index contributed by atoms with van der Waals surface area (Å²) in [5, 5.41) is 22.4. The number of aryl methyl sites for hydroxylation is 1. The number of halogens is 3. The fourth-order valence-electron chi connectivity index (χ4n) is 3.81. The van der Waals surface area contributed by atoms with Crippen LogP contribution in [0.2, 0.25) is 4.47 Å². The molecule has 0 spiro atoms. The minimum absolute atomic E-state index is 0.0677. The van der Waals surface area contributed by atoms with E-state index in [9.17, 15) is 23.9 Å². The molecule has 0 aliphatic carbocycles. The Morgan fingerprint density at radius 2 is 2.03 bits per heavy atom. The first-order valence-electron chi connectivity index (χ1n) is 10.1. The Morgan fingerprint density at radius 1 is 1.33 bits per heavy atom. The number of nitriles is 1. The van der Waals surface area contributed by atoms with Gasteiger partial charge in [0.25, 0.3) is 5.92 Å². The zero-order valence-electron chi connectivity index (χ0n) is 17.7. The van der Waals surface area contributed by atoms with Crippen molar-refractivity contribution in [3.63, 3.8) is 0 Å². The van der Waals surface area contributed by atoms with Gasteiger partial charge in [-0.2, -0.15) is 5.26 Å². The van der Waals surface area contributed by atoms with E-state index >= 15 is 0 Å². The minimum atomic E-state index is -2.73. The monoisotopic (exact) mass is 492 g/mol. The molecule has 1 atom stereocenters. The molecule has 1 fully saturated rings. The van der Waals surface area contributed by atoms with Crippen LogP contribution in [-0.2, 0) is 0 Å². The summed E-state index contributed by atoms with van der Waals surface area (Å²) >= 11 is 6.92. The fourth-order valence-corrected chi connectivity index (χ4v) is 4.89. The topological polar surface area (TPSA) is 115 Å². The summed E-state index contributed by atoms with van der Waals surface area (Å²) in [6, 6.07) is 5.30. The summed E-state index contributed by atoms with van der Waals surface area (Å²) in [6.07, 6.45) is -0.638. The standard InChI is InChI=1S/C21H19ClF2N6O2S/c1-10-7-12(11(2)26-18-16(19(31)32)29-20(22)33-18)15-13(8-10)27-14(9-25)17(28-15)30-5-3-21(23,24)4-6-30/h7-8,11,26H,3-6H2,1-2H3,(H,31,32). The second-order valence-corrected chi connectivity index (χ2v) is 9.47. The zero-order valence-corrected chi connectivity index (χ0v) is 19.3. The van der Waals surface area contributed by atoms with Crippen LogP contribution >= 0.6 is 22.9 Å². The van der Waals surface area contributed by atoms with E-state index in [1.54, 1.807) is 11.0 Å². The third-order valence-corrected chi connectivity index (χ3v) is 6.53. The van der Waals surface area contributed by atoms with Gasteiger partial charge in [-0.05, 0) is 25.5 Å². The first-order chi connectivity index (χ1) is 15.6. The Morgan fingerprint density at radius 3 is 2.67 bits per heavy atom. The molecule has 0 saturated carbocycles. The number of benzene rings is 1. The number of carbonyl (C=O) groups is 1. The Hall–Kier alpha value is -3.10.